The Bertz CT molecular complexity index is 1290. The Morgan fingerprint density at radius 3 is 2.45 bits per heavy atom. The van der Waals surface area contributed by atoms with E-state index < -0.39 is 21.8 Å². The molecule has 0 unspecified atom stereocenters. The van der Waals surface area contributed by atoms with E-state index in [1.54, 1.807) is 24.4 Å². The molecule has 0 fully saturated rings. The van der Waals surface area contributed by atoms with Crippen molar-refractivity contribution in [2.45, 2.75) is 11.3 Å². The van der Waals surface area contributed by atoms with Crippen LogP contribution in [-0.4, -0.2) is 25.2 Å². The number of sulfonamides is 1. The minimum absolute atomic E-state index is 0.0443. The van der Waals surface area contributed by atoms with Crippen LogP contribution in [0.3, 0.4) is 0 Å². The molecule has 1 aliphatic rings. The highest BCUT2D eigenvalue weighted by Crippen LogP contribution is 2.28. The second kappa shape index (κ2) is 8.41. The van der Waals surface area contributed by atoms with E-state index in [1.165, 1.54) is 18.2 Å². The number of aromatic nitrogens is 1. The first-order chi connectivity index (χ1) is 14.9. The largest absolute Gasteiger partial charge is 0.324 e. The summed E-state index contributed by atoms with van der Waals surface area (Å²) in [6.45, 7) is 0. The first-order valence-electron chi connectivity index (χ1n) is 9.35. The molecule has 9 heteroatoms. The van der Waals surface area contributed by atoms with Gasteiger partial charge in [-0.3, -0.25) is 19.3 Å². The van der Waals surface area contributed by atoms with E-state index in [1.807, 2.05) is 36.4 Å². The lowest BCUT2D eigenvalue weighted by Gasteiger charge is -2.12. The maximum atomic E-state index is 12.9. The Hall–Kier alpha value is -3.98. The van der Waals surface area contributed by atoms with Crippen LogP contribution >= 0.6 is 0 Å². The molecule has 2 heterocycles. The molecule has 0 radical (unpaired) electrons. The molecule has 0 aliphatic carbocycles. The molecule has 0 spiro atoms. The van der Waals surface area contributed by atoms with Gasteiger partial charge in [-0.2, -0.15) is 0 Å². The fraction of sp³-hybridized carbons (Fsp3) is 0.0455. The van der Waals surface area contributed by atoms with Gasteiger partial charge in [0.15, 0.2) is 0 Å². The monoisotopic (exact) mass is 434 g/mol. The number of nitrogens with zero attached hydrogens (tertiary/aromatic N) is 1. The van der Waals surface area contributed by atoms with Gasteiger partial charge in [-0.25, -0.2) is 8.42 Å². The summed E-state index contributed by atoms with van der Waals surface area (Å²) in [6, 6.07) is 16.6. The van der Waals surface area contributed by atoms with Crippen molar-refractivity contribution in [3.63, 3.8) is 0 Å². The maximum absolute atomic E-state index is 12.9. The minimum atomic E-state index is -3.92. The number of hydrogen-bond acceptors (Lipinski definition) is 5. The topological polar surface area (TPSA) is 117 Å². The normalized spacial score (nSPS) is 13.8. The highest BCUT2D eigenvalue weighted by Gasteiger charge is 2.22. The van der Waals surface area contributed by atoms with E-state index in [4.69, 9.17) is 0 Å². The van der Waals surface area contributed by atoms with Gasteiger partial charge in [-0.1, -0.05) is 24.3 Å². The van der Waals surface area contributed by atoms with Gasteiger partial charge in [0.05, 0.1) is 22.0 Å². The molecule has 1 aliphatic heterocycles. The van der Waals surface area contributed by atoms with Crippen molar-refractivity contribution < 1.29 is 18.0 Å². The summed E-state index contributed by atoms with van der Waals surface area (Å²) in [5, 5.41) is 5.11. The predicted octanol–water partition coefficient (Wildman–Crippen LogP) is 3.33. The summed E-state index contributed by atoms with van der Waals surface area (Å²) in [7, 11) is -3.92. The van der Waals surface area contributed by atoms with Gasteiger partial charge < -0.3 is 10.6 Å². The third-order valence-electron chi connectivity index (χ3n) is 4.44. The summed E-state index contributed by atoms with van der Waals surface area (Å²) >= 11 is 0. The second-order valence-corrected chi connectivity index (χ2v) is 8.48. The van der Waals surface area contributed by atoms with Crippen LogP contribution in [0.4, 0.5) is 17.1 Å². The molecule has 3 aromatic rings. The average molecular weight is 434 g/mol. The van der Waals surface area contributed by atoms with Gasteiger partial charge in [-0.05, 0) is 54.1 Å². The molecule has 0 saturated heterocycles. The Balaban J connectivity index is 1.56. The number of nitrogens with one attached hydrogen (secondary N) is 3. The zero-order chi connectivity index (χ0) is 21.8. The van der Waals surface area contributed by atoms with Gasteiger partial charge >= 0.3 is 0 Å². The summed E-state index contributed by atoms with van der Waals surface area (Å²) in [5.74, 6) is -0.966. The third-order valence-corrected chi connectivity index (χ3v) is 5.82. The lowest BCUT2D eigenvalue weighted by molar-refractivity contribution is -0.123. The van der Waals surface area contributed by atoms with Crippen LogP contribution in [0.1, 0.15) is 17.7 Å². The van der Waals surface area contributed by atoms with Crippen LogP contribution in [-0.2, 0) is 19.6 Å². The number of benzene rings is 2. The SMILES string of the molecule is O=C1CC(=O)Nc2cc(S(=O)(=O)Nc3cccc(/C=C/c4ccccn4)c3)ccc2N1. The van der Waals surface area contributed by atoms with E-state index in [9.17, 15) is 18.0 Å². The maximum Gasteiger partial charge on any atom is 0.261 e. The number of amides is 2. The Morgan fingerprint density at radius 2 is 1.68 bits per heavy atom. The molecule has 156 valence electrons. The molecular formula is C22H18N4O4S. The van der Waals surface area contributed by atoms with Crippen LogP contribution < -0.4 is 15.4 Å². The van der Waals surface area contributed by atoms with Gasteiger partial charge in [-0.15, -0.1) is 0 Å². The van der Waals surface area contributed by atoms with Crippen LogP contribution in [0.2, 0.25) is 0 Å². The summed E-state index contributed by atoms with van der Waals surface area (Å²) < 4.78 is 28.3. The minimum Gasteiger partial charge on any atom is -0.324 e. The van der Waals surface area contributed by atoms with Crippen LogP contribution in [0.5, 0.6) is 0 Å². The predicted molar refractivity (Wildman–Crippen MR) is 119 cm³/mol. The van der Waals surface area contributed by atoms with E-state index in [2.05, 4.69) is 20.3 Å². The lowest BCUT2D eigenvalue weighted by Crippen LogP contribution is -2.16. The van der Waals surface area contributed by atoms with Crippen molar-refractivity contribution in [1.82, 2.24) is 4.98 Å². The molecule has 31 heavy (non-hydrogen) atoms. The van der Waals surface area contributed by atoms with E-state index >= 15 is 0 Å². The number of carbonyl (C=O) groups is 2. The van der Waals surface area contributed by atoms with E-state index in [0.29, 0.717) is 11.4 Å². The zero-order valence-corrected chi connectivity index (χ0v) is 17.0. The zero-order valence-electron chi connectivity index (χ0n) is 16.2. The number of carbonyl (C=O) groups excluding carboxylic acids is 2. The number of pyridine rings is 1. The van der Waals surface area contributed by atoms with Crippen molar-refractivity contribution in [2.75, 3.05) is 15.4 Å². The number of anilines is 3. The number of fused-ring (bicyclic) bond motifs is 1. The van der Waals surface area contributed by atoms with Crippen molar-refractivity contribution in [2.24, 2.45) is 0 Å². The summed E-state index contributed by atoms with van der Waals surface area (Å²) in [6.07, 6.45) is 5.03. The molecule has 2 aromatic carbocycles. The van der Waals surface area contributed by atoms with Crippen molar-refractivity contribution >= 4 is 51.1 Å². The molecule has 0 bridgehead atoms. The smallest absolute Gasteiger partial charge is 0.261 e. The van der Waals surface area contributed by atoms with Gasteiger partial charge in [0, 0.05) is 11.9 Å². The first-order valence-corrected chi connectivity index (χ1v) is 10.8. The van der Waals surface area contributed by atoms with Gasteiger partial charge in [0.1, 0.15) is 6.42 Å². The van der Waals surface area contributed by atoms with Crippen LogP contribution in [0, 0.1) is 0 Å². The Kier molecular flexibility index (Phi) is 5.50. The number of rotatable bonds is 5. The lowest BCUT2D eigenvalue weighted by atomic mass is 10.2. The molecular weight excluding hydrogens is 416 g/mol. The molecule has 2 amide bonds. The van der Waals surface area contributed by atoms with Gasteiger partial charge in [0.2, 0.25) is 11.8 Å². The molecule has 1 aromatic heterocycles. The van der Waals surface area contributed by atoms with Crippen molar-refractivity contribution in [3.05, 3.63) is 78.1 Å². The molecule has 0 atom stereocenters. The Labute approximate surface area is 179 Å². The third kappa shape index (κ3) is 4.96. The standard InChI is InChI=1S/C22H18N4O4S/c27-21-14-22(28)25-20-13-18(9-10-19(20)24-21)31(29,30)26-17-6-3-4-15(12-17)7-8-16-5-1-2-11-23-16/h1-13,26H,14H2,(H,24,27)(H,25,28)/b8-7+. The molecule has 0 saturated carbocycles. The fourth-order valence-corrected chi connectivity index (χ4v) is 4.09. The molecule has 8 nitrogen and oxygen atoms in total. The highest BCUT2D eigenvalue weighted by molar-refractivity contribution is 7.92. The average Bonchev–Trinajstić information content (AvgIpc) is 2.88. The van der Waals surface area contributed by atoms with E-state index in [-0.39, 0.29) is 17.0 Å². The van der Waals surface area contributed by atoms with Crippen molar-refractivity contribution in [3.8, 4) is 0 Å². The van der Waals surface area contributed by atoms with E-state index in [0.717, 1.165) is 11.3 Å². The summed E-state index contributed by atoms with van der Waals surface area (Å²) in [5.41, 5.74) is 2.54. The second-order valence-electron chi connectivity index (χ2n) is 6.80. The fourth-order valence-electron chi connectivity index (χ4n) is 3.01. The van der Waals surface area contributed by atoms with Gasteiger partial charge in [0.25, 0.3) is 10.0 Å². The Morgan fingerprint density at radius 1 is 0.871 bits per heavy atom. The van der Waals surface area contributed by atoms with Crippen LogP contribution in [0.25, 0.3) is 12.2 Å². The quantitative estimate of drug-likeness (QED) is 0.533. The number of hydrogen-bond donors (Lipinski definition) is 3. The highest BCUT2D eigenvalue weighted by atomic mass is 32.2. The molecule has 3 N–H and O–H groups in total. The molecule has 4 rings (SSSR count). The first kappa shape index (κ1) is 20.3. The van der Waals surface area contributed by atoms with Crippen LogP contribution in [0.15, 0.2) is 71.8 Å². The summed E-state index contributed by atoms with van der Waals surface area (Å²) in [4.78, 5) is 27.6. The van der Waals surface area contributed by atoms with Crippen molar-refractivity contribution in [1.29, 1.82) is 0 Å².